The summed E-state index contributed by atoms with van der Waals surface area (Å²) >= 11 is 0. The lowest BCUT2D eigenvalue weighted by Gasteiger charge is -2.07. The number of allylic oxidation sites excluding steroid dienone is 4. The van der Waals surface area contributed by atoms with Crippen LogP contribution in [-0.2, 0) is 4.79 Å². The van der Waals surface area contributed by atoms with Crippen molar-refractivity contribution in [1.29, 1.82) is 0 Å². The molecule has 0 rings (SSSR count). The van der Waals surface area contributed by atoms with Crippen LogP contribution in [0, 0.1) is 5.92 Å². The second-order valence-corrected chi connectivity index (χ2v) is 5.30. The first-order valence-corrected chi connectivity index (χ1v) is 9.54. The van der Waals surface area contributed by atoms with Crippen LogP contribution >= 0.6 is 0 Å². The molecule has 0 saturated heterocycles. The first-order chi connectivity index (χ1) is 12.4. The minimum Gasteiger partial charge on any atom is -0.353 e. The molecule has 0 aliphatic rings. The molecule has 0 aromatic carbocycles. The lowest BCUT2D eigenvalue weighted by molar-refractivity contribution is -0.124. The Morgan fingerprint density at radius 2 is 1.42 bits per heavy atom. The van der Waals surface area contributed by atoms with Gasteiger partial charge in [0.15, 0.2) is 0 Å². The fraction of sp³-hybridized carbons (Fsp3) is 0.609. The van der Waals surface area contributed by atoms with Crippen LogP contribution in [0.15, 0.2) is 50.6 Å². The minimum absolute atomic E-state index is 0.00606. The van der Waals surface area contributed by atoms with Crippen LogP contribution in [0.25, 0.3) is 0 Å². The molecule has 1 atom stereocenters. The Kier molecular flexibility index (Phi) is 59.5. The van der Waals surface area contributed by atoms with Crippen LogP contribution < -0.4 is 5.32 Å². The fourth-order valence-electron chi connectivity index (χ4n) is 1.07. The van der Waals surface area contributed by atoms with Crippen LogP contribution in [0.2, 0.25) is 0 Å². The van der Waals surface area contributed by atoms with E-state index in [9.17, 15) is 9.18 Å². The van der Waals surface area contributed by atoms with Gasteiger partial charge >= 0.3 is 0 Å². The number of halogens is 1. The maximum Gasteiger partial charge on any atom is 0.222 e. The SMILES string of the molecule is C=CC.C=CC.C=CC.C=CCCCCC.CCC(C)C(=O)NCCF. The average Bonchev–Trinajstić information content (AvgIpc) is 2.62. The molecule has 0 saturated carbocycles. The third-order valence-electron chi connectivity index (χ3n) is 2.47. The van der Waals surface area contributed by atoms with Gasteiger partial charge in [0.05, 0.1) is 0 Å². The van der Waals surface area contributed by atoms with Crippen LogP contribution in [0.3, 0.4) is 0 Å². The smallest absolute Gasteiger partial charge is 0.222 e. The number of rotatable bonds is 8. The van der Waals surface area contributed by atoms with Crippen molar-refractivity contribution in [3.05, 3.63) is 50.6 Å². The van der Waals surface area contributed by atoms with Gasteiger partial charge in [0.2, 0.25) is 5.91 Å². The van der Waals surface area contributed by atoms with Gasteiger partial charge in [-0.15, -0.1) is 26.3 Å². The summed E-state index contributed by atoms with van der Waals surface area (Å²) in [5.41, 5.74) is 0. The van der Waals surface area contributed by atoms with Gasteiger partial charge in [-0.25, -0.2) is 4.39 Å². The summed E-state index contributed by atoms with van der Waals surface area (Å²) in [5.74, 6) is -0.0494. The largest absolute Gasteiger partial charge is 0.353 e. The average molecular weight is 372 g/mol. The molecule has 0 aromatic rings. The number of amides is 1. The predicted molar refractivity (Wildman–Crippen MR) is 120 cm³/mol. The maximum absolute atomic E-state index is 11.5. The Bertz CT molecular complexity index is 274. The third kappa shape index (κ3) is 66.8. The van der Waals surface area contributed by atoms with Gasteiger partial charge in [0.25, 0.3) is 0 Å². The van der Waals surface area contributed by atoms with E-state index in [0.29, 0.717) is 0 Å². The Hall–Kier alpha value is -1.64. The van der Waals surface area contributed by atoms with Crippen molar-refractivity contribution in [3.63, 3.8) is 0 Å². The van der Waals surface area contributed by atoms with Crippen LogP contribution in [0.5, 0.6) is 0 Å². The van der Waals surface area contributed by atoms with E-state index in [4.69, 9.17) is 0 Å². The Morgan fingerprint density at radius 3 is 1.69 bits per heavy atom. The van der Waals surface area contributed by atoms with E-state index in [2.05, 4.69) is 38.6 Å². The Labute approximate surface area is 164 Å². The summed E-state index contributed by atoms with van der Waals surface area (Å²) in [7, 11) is 0. The second-order valence-electron chi connectivity index (χ2n) is 5.30. The lowest BCUT2D eigenvalue weighted by atomic mass is 10.1. The number of alkyl halides is 1. The predicted octanol–water partition coefficient (Wildman–Crippen LogP) is 7.45. The second kappa shape index (κ2) is 43.6. The topological polar surface area (TPSA) is 29.1 Å². The van der Waals surface area contributed by atoms with Gasteiger partial charge in [-0.1, -0.05) is 57.9 Å². The monoisotopic (exact) mass is 371 g/mol. The molecular formula is C23H46FNO. The van der Waals surface area contributed by atoms with Crippen molar-refractivity contribution in [2.45, 2.75) is 73.6 Å². The molecular weight excluding hydrogens is 325 g/mol. The zero-order valence-electron chi connectivity index (χ0n) is 18.5. The van der Waals surface area contributed by atoms with E-state index in [1.165, 1.54) is 25.7 Å². The van der Waals surface area contributed by atoms with Crippen molar-refractivity contribution in [2.75, 3.05) is 13.2 Å². The minimum atomic E-state index is -0.484. The zero-order valence-corrected chi connectivity index (χ0v) is 18.5. The van der Waals surface area contributed by atoms with Crippen LogP contribution in [0.4, 0.5) is 4.39 Å². The molecule has 0 bridgehead atoms. The molecule has 0 aliphatic heterocycles. The van der Waals surface area contributed by atoms with Crippen molar-refractivity contribution >= 4 is 5.91 Å². The van der Waals surface area contributed by atoms with E-state index in [1.807, 2.05) is 40.7 Å². The van der Waals surface area contributed by atoms with E-state index in [1.54, 1.807) is 18.2 Å². The zero-order chi connectivity index (χ0) is 21.6. The fourth-order valence-corrected chi connectivity index (χ4v) is 1.07. The van der Waals surface area contributed by atoms with E-state index in [0.717, 1.165) is 6.42 Å². The van der Waals surface area contributed by atoms with Gasteiger partial charge in [0, 0.05) is 12.5 Å². The molecule has 0 heterocycles. The van der Waals surface area contributed by atoms with Gasteiger partial charge < -0.3 is 5.32 Å². The van der Waals surface area contributed by atoms with Crippen LogP contribution in [0.1, 0.15) is 73.6 Å². The third-order valence-corrected chi connectivity index (χ3v) is 2.47. The standard InChI is InChI=1S/C7H14FNO.C7H14.3C3H6/c1-3-6(2)7(10)9-5-4-8;1-3-5-7-6-4-2;3*1-3-2/h6H,3-5H2,1-2H3,(H,9,10);3H,1,4-7H2,2H3;3*3H,1H2,2H3. The number of carbonyl (C=O) groups excluding carboxylic acids is 1. The van der Waals surface area contributed by atoms with Gasteiger partial charge in [-0.05, 0) is 40.0 Å². The molecule has 0 aromatic heterocycles. The van der Waals surface area contributed by atoms with E-state index >= 15 is 0 Å². The quantitative estimate of drug-likeness (QED) is 0.348. The van der Waals surface area contributed by atoms with Crippen LogP contribution in [-0.4, -0.2) is 19.1 Å². The first kappa shape index (κ1) is 35.5. The highest BCUT2D eigenvalue weighted by molar-refractivity contribution is 5.78. The van der Waals surface area contributed by atoms with Crippen molar-refractivity contribution in [2.24, 2.45) is 5.92 Å². The molecule has 0 aliphatic carbocycles. The number of unbranched alkanes of at least 4 members (excludes halogenated alkanes) is 3. The molecule has 1 amide bonds. The summed E-state index contributed by atoms with van der Waals surface area (Å²) in [6, 6.07) is 0. The summed E-state index contributed by atoms with van der Waals surface area (Å²) in [5, 5.41) is 2.47. The van der Waals surface area contributed by atoms with E-state index < -0.39 is 6.67 Å². The molecule has 3 heteroatoms. The Morgan fingerprint density at radius 1 is 1.00 bits per heavy atom. The Balaban J connectivity index is -0.0000000797. The molecule has 0 radical (unpaired) electrons. The summed E-state index contributed by atoms with van der Waals surface area (Å²) in [6.07, 6.45) is 13.2. The number of carbonyl (C=O) groups is 1. The van der Waals surface area contributed by atoms with E-state index in [-0.39, 0.29) is 18.4 Å². The molecule has 1 unspecified atom stereocenters. The number of nitrogens with one attached hydrogen (secondary N) is 1. The summed E-state index contributed by atoms with van der Waals surface area (Å²) in [6.45, 7) is 25.0. The highest BCUT2D eigenvalue weighted by atomic mass is 19.1. The van der Waals surface area contributed by atoms with Gasteiger partial charge in [-0.3, -0.25) is 4.79 Å². The normalized spacial score (nSPS) is 8.73. The number of hydrogen-bond acceptors (Lipinski definition) is 1. The van der Waals surface area contributed by atoms with Crippen molar-refractivity contribution in [3.8, 4) is 0 Å². The highest BCUT2D eigenvalue weighted by Gasteiger charge is 2.08. The molecule has 156 valence electrons. The van der Waals surface area contributed by atoms with Crippen molar-refractivity contribution < 1.29 is 9.18 Å². The van der Waals surface area contributed by atoms with Gasteiger partial charge in [-0.2, -0.15) is 0 Å². The molecule has 0 spiro atoms. The lowest BCUT2D eigenvalue weighted by Crippen LogP contribution is -2.30. The summed E-state index contributed by atoms with van der Waals surface area (Å²) in [4.78, 5) is 10.9. The molecule has 26 heavy (non-hydrogen) atoms. The molecule has 0 fully saturated rings. The number of hydrogen-bond donors (Lipinski definition) is 1. The molecule has 1 N–H and O–H groups in total. The van der Waals surface area contributed by atoms with Crippen molar-refractivity contribution in [1.82, 2.24) is 5.32 Å². The van der Waals surface area contributed by atoms with Gasteiger partial charge in [0.1, 0.15) is 6.67 Å². The first-order valence-electron chi connectivity index (χ1n) is 9.54. The summed E-state index contributed by atoms with van der Waals surface area (Å²) < 4.78 is 11.5. The maximum atomic E-state index is 11.5. The molecule has 2 nitrogen and oxygen atoms in total. The highest BCUT2D eigenvalue weighted by Crippen LogP contribution is 1.98.